The van der Waals surface area contributed by atoms with Crippen molar-refractivity contribution in [2.45, 2.75) is 59.0 Å². The average Bonchev–Trinajstić information content (AvgIpc) is 2.35. The molecule has 1 N–H and O–H groups in total. The van der Waals surface area contributed by atoms with Crippen LogP contribution in [0, 0.1) is 5.92 Å². The Balaban J connectivity index is 2.30. The van der Waals surface area contributed by atoms with Gasteiger partial charge >= 0.3 is 5.97 Å². The van der Waals surface area contributed by atoms with Gasteiger partial charge in [-0.2, -0.15) is 0 Å². The number of piperidine rings is 1. The van der Waals surface area contributed by atoms with Crippen LogP contribution in [0.2, 0.25) is 0 Å². The number of likely N-dealkylation sites (tertiary alicyclic amines) is 1. The van der Waals surface area contributed by atoms with Crippen molar-refractivity contribution in [1.82, 2.24) is 10.2 Å². The fourth-order valence-electron chi connectivity index (χ4n) is 2.41. The summed E-state index contributed by atoms with van der Waals surface area (Å²) in [5.41, 5.74) is 0.190. The topological polar surface area (TPSA) is 41.6 Å². The lowest BCUT2D eigenvalue weighted by molar-refractivity contribution is -0.149. The molecule has 4 nitrogen and oxygen atoms in total. The zero-order chi connectivity index (χ0) is 14.5. The van der Waals surface area contributed by atoms with Crippen molar-refractivity contribution in [3.63, 3.8) is 0 Å². The predicted octanol–water partition coefficient (Wildman–Crippen LogP) is 2.04. The second-order valence-electron chi connectivity index (χ2n) is 6.54. The van der Waals surface area contributed by atoms with E-state index in [0.29, 0.717) is 6.61 Å². The Kier molecular flexibility index (Phi) is 6.27. The first-order valence-corrected chi connectivity index (χ1v) is 7.49. The number of nitrogens with zero attached hydrogens (tertiary/aromatic N) is 1. The van der Waals surface area contributed by atoms with E-state index >= 15 is 0 Å². The van der Waals surface area contributed by atoms with Crippen molar-refractivity contribution in [1.29, 1.82) is 0 Å². The van der Waals surface area contributed by atoms with Crippen LogP contribution in [-0.4, -0.2) is 48.7 Å². The van der Waals surface area contributed by atoms with E-state index in [1.807, 2.05) is 13.8 Å². The minimum Gasteiger partial charge on any atom is -0.465 e. The third-order valence-electron chi connectivity index (χ3n) is 3.75. The molecule has 0 bridgehead atoms. The van der Waals surface area contributed by atoms with Gasteiger partial charge in [-0.05, 0) is 73.0 Å². The summed E-state index contributed by atoms with van der Waals surface area (Å²) in [5.74, 6) is 0.638. The van der Waals surface area contributed by atoms with Crippen LogP contribution in [0.15, 0.2) is 0 Å². The maximum atomic E-state index is 11.7. The van der Waals surface area contributed by atoms with Gasteiger partial charge in [0, 0.05) is 5.54 Å². The quantitative estimate of drug-likeness (QED) is 0.776. The Bertz CT molecular complexity index is 278. The van der Waals surface area contributed by atoms with Gasteiger partial charge in [-0.1, -0.05) is 0 Å². The number of carbonyl (C=O) groups is 1. The van der Waals surface area contributed by atoms with E-state index in [1.54, 1.807) is 0 Å². The summed E-state index contributed by atoms with van der Waals surface area (Å²) in [6, 6.07) is -0.100. The molecule has 112 valence electrons. The lowest BCUT2D eigenvalue weighted by Crippen LogP contribution is -2.47. The molecule has 0 aromatic rings. The molecule has 19 heavy (non-hydrogen) atoms. The number of esters is 1. The van der Waals surface area contributed by atoms with Crippen LogP contribution in [0.3, 0.4) is 0 Å². The Labute approximate surface area is 117 Å². The van der Waals surface area contributed by atoms with Gasteiger partial charge in [-0.3, -0.25) is 9.69 Å². The first-order valence-electron chi connectivity index (χ1n) is 7.49. The van der Waals surface area contributed by atoms with Gasteiger partial charge in [-0.15, -0.1) is 0 Å². The first kappa shape index (κ1) is 16.4. The van der Waals surface area contributed by atoms with Crippen LogP contribution in [0.5, 0.6) is 0 Å². The highest BCUT2D eigenvalue weighted by molar-refractivity contribution is 5.75. The summed E-state index contributed by atoms with van der Waals surface area (Å²) in [6.07, 6.45) is 2.32. The first-order chi connectivity index (χ1) is 8.83. The minimum atomic E-state index is -0.100. The highest BCUT2D eigenvalue weighted by Crippen LogP contribution is 2.19. The fraction of sp³-hybridized carbons (Fsp3) is 0.933. The zero-order valence-electron chi connectivity index (χ0n) is 13.2. The van der Waals surface area contributed by atoms with Gasteiger partial charge in [0.1, 0.15) is 6.04 Å². The normalized spacial score (nSPS) is 20.3. The fourth-order valence-corrected chi connectivity index (χ4v) is 2.41. The van der Waals surface area contributed by atoms with E-state index in [4.69, 9.17) is 4.74 Å². The molecular weight excluding hydrogens is 240 g/mol. The molecule has 1 saturated heterocycles. The number of rotatable bonds is 5. The van der Waals surface area contributed by atoms with Crippen LogP contribution < -0.4 is 5.32 Å². The second kappa shape index (κ2) is 7.25. The lowest BCUT2D eigenvalue weighted by Gasteiger charge is -2.36. The maximum Gasteiger partial charge on any atom is 0.323 e. The van der Waals surface area contributed by atoms with Gasteiger partial charge in [0.15, 0.2) is 0 Å². The van der Waals surface area contributed by atoms with Crippen molar-refractivity contribution in [2.24, 2.45) is 5.92 Å². The smallest absolute Gasteiger partial charge is 0.323 e. The molecule has 1 rings (SSSR count). The molecule has 0 aromatic heterocycles. The SMILES string of the molecule is CCOC(=O)C(C)N1CCC(CNC(C)(C)C)CC1. The van der Waals surface area contributed by atoms with Crippen LogP contribution in [0.25, 0.3) is 0 Å². The summed E-state index contributed by atoms with van der Waals surface area (Å²) in [4.78, 5) is 13.9. The Morgan fingerprint density at radius 1 is 1.37 bits per heavy atom. The second-order valence-corrected chi connectivity index (χ2v) is 6.54. The Morgan fingerprint density at radius 3 is 2.42 bits per heavy atom. The lowest BCUT2D eigenvalue weighted by atomic mass is 9.94. The number of ether oxygens (including phenoxy) is 1. The summed E-state index contributed by atoms with van der Waals surface area (Å²) >= 11 is 0. The van der Waals surface area contributed by atoms with Crippen molar-refractivity contribution in [2.75, 3.05) is 26.2 Å². The average molecular weight is 270 g/mol. The van der Waals surface area contributed by atoms with Gasteiger partial charge in [0.2, 0.25) is 0 Å². The molecular formula is C15H30N2O2. The molecule has 0 amide bonds. The van der Waals surface area contributed by atoms with Crippen molar-refractivity contribution in [3.05, 3.63) is 0 Å². The van der Waals surface area contributed by atoms with Crippen molar-refractivity contribution >= 4 is 5.97 Å². The van der Waals surface area contributed by atoms with Crippen molar-refractivity contribution in [3.8, 4) is 0 Å². The number of nitrogens with one attached hydrogen (secondary N) is 1. The molecule has 0 radical (unpaired) electrons. The van der Waals surface area contributed by atoms with E-state index in [2.05, 4.69) is 31.0 Å². The molecule has 1 aliphatic rings. The number of hydrogen-bond acceptors (Lipinski definition) is 4. The third kappa shape index (κ3) is 5.91. The molecule has 1 unspecified atom stereocenters. The summed E-state index contributed by atoms with van der Waals surface area (Å²) in [5, 5.41) is 3.57. The van der Waals surface area contributed by atoms with Crippen LogP contribution in [0.4, 0.5) is 0 Å². The molecule has 0 saturated carbocycles. The molecule has 4 heteroatoms. The van der Waals surface area contributed by atoms with E-state index in [0.717, 1.165) is 38.4 Å². The molecule has 0 aliphatic carbocycles. The number of hydrogen-bond donors (Lipinski definition) is 1. The molecule has 0 aromatic carbocycles. The van der Waals surface area contributed by atoms with E-state index in [9.17, 15) is 4.79 Å². The summed E-state index contributed by atoms with van der Waals surface area (Å²) < 4.78 is 5.08. The van der Waals surface area contributed by atoms with Gasteiger partial charge in [0.25, 0.3) is 0 Å². The summed E-state index contributed by atoms with van der Waals surface area (Å²) in [7, 11) is 0. The number of carbonyl (C=O) groups excluding carboxylic acids is 1. The molecule has 1 aliphatic heterocycles. The predicted molar refractivity (Wildman–Crippen MR) is 78.1 cm³/mol. The van der Waals surface area contributed by atoms with Crippen LogP contribution in [-0.2, 0) is 9.53 Å². The molecule has 1 atom stereocenters. The van der Waals surface area contributed by atoms with E-state index < -0.39 is 0 Å². The molecule has 1 heterocycles. The highest BCUT2D eigenvalue weighted by atomic mass is 16.5. The maximum absolute atomic E-state index is 11.7. The third-order valence-corrected chi connectivity index (χ3v) is 3.75. The Hall–Kier alpha value is -0.610. The van der Waals surface area contributed by atoms with Crippen LogP contribution >= 0.6 is 0 Å². The minimum absolute atomic E-state index is 0.0891. The van der Waals surface area contributed by atoms with E-state index in [-0.39, 0.29) is 17.6 Å². The van der Waals surface area contributed by atoms with Gasteiger partial charge < -0.3 is 10.1 Å². The van der Waals surface area contributed by atoms with E-state index in [1.165, 1.54) is 0 Å². The van der Waals surface area contributed by atoms with Gasteiger partial charge in [0.05, 0.1) is 6.61 Å². The molecule has 1 fully saturated rings. The monoisotopic (exact) mass is 270 g/mol. The largest absolute Gasteiger partial charge is 0.465 e. The van der Waals surface area contributed by atoms with Gasteiger partial charge in [-0.25, -0.2) is 0 Å². The van der Waals surface area contributed by atoms with Crippen LogP contribution in [0.1, 0.15) is 47.5 Å². The Morgan fingerprint density at radius 2 is 1.95 bits per heavy atom. The van der Waals surface area contributed by atoms with Crippen molar-refractivity contribution < 1.29 is 9.53 Å². The zero-order valence-corrected chi connectivity index (χ0v) is 13.2. The standard InChI is InChI=1S/C15H30N2O2/c1-6-19-14(18)12(2)17-9-7-13(8-10-17)11-16-15(3,4)5/h12-13,16H,6-11H2,1-5H3. The summed E-state index contributed by atoms with van der Waals surface area (Å²) in [6.45, 7) is 13.9. The molecule has 0 spiro atoms. The highest BCUT2D eigenvalue weighted by Gasteiger charge is 2.27.